The van der Waals surface area contributed by atoms with Crippen LogP contribution in [0.4, 0.5) is 0 Å². The average molecular weight is 305 g/mol. The number of hydrogen-bond acceptors (Lipinski definition) is 4. The summed E-state index contributed by atoms with van der Waals surface area (Å²) in [6.45, 7) is 7.08. The molecular formula is C16H23N3O3. The summed E-state index contributed by atoms with van der Waals surface area (Å²) in [7, 11) is 0. The van der Waals surface area contributed by atoms with Crippen molar-refractivity contribution < 1.29 is 14.3 Å². The Kier molecular flexibility index (Phi) is 4.68. The Balaban J connectivity index is 2.03. The first-order valence-corrected chi connectivity index (χ1v) is 7.49. The fourth-order valence-corrected chi connectivity index (χ4v) is 2.50. The summed E-state index contributed by atoms with van der Waals surface area (Å²) >= 11 is 0. The van der Waals surface area contributed by atoms with Crippen LogP contribution < -0.4 is 10.5 Å². The Morgan fingerprint density at radius 2 is 2.14 bits per heavy atom. The van der Waals surface area contributed by atoms with Gasteiger partial charge in [0.2, 0.25) is 5.91 Å². The fourth-order valence-electron chi connectivity index (χ4n) is 2.50. The number of aromatic nitrogens is 1. The van der Waals surface area contributed by atoms with E-state index < -0.39 is 11.3 Å². The van der Waals surface area contributed by atoms with Crippen molar-refractivity contribution in [3.63, 3.8) is 0 Å². The molecule has 120 valence electrons. The predicted octanol–water partition coefficient (Wildman–Crippen LogP) is 1.60. The molecule has 2 heterocycles. The fraction of sp³-hybridized carbons (Fsp3) is 0.562. The molecule has 1 aromatic heterocycles. The summed E-state index contributed by atoms with van der Waals surface area (Å²) in [6, 6.07) is 3.23. The number of piperidine rings is 1. The van der Waals surface area contributed by atoms with Gasteiger partial charge in [0.05, 0.1) is 6.54 Å². The summed E-state index contributed by atoms with van der Waals surface area (Å²) in [5, 5.41) is 0. The quantitative estimate of drug-likeness (QED) is 0.919. The van der Waals surface area contributed by atoms with Crippen molar-refractivity contribution in [3.05, 3.63) is 24.0 Å². The van der Waals surface area contributed by atoms with Crippen LogP contribution in [0.3, 0.4) is 0 Å². The third kappa shape index (κ3) is 3.96. The van der Waals surface area contributed by atoms with Crippen LogP contribution in [0.1, 0.15) is 44.1 Å². The highest BCUT2D eigenvalue weighted by atomic mass is 16.5. The second-order valence-electron chi connectivity index (χ2n) is 6.62. The maximum absolute atomic E-state index is 12.4. The molecule has 0 aliphatic carbocycles. The third-order valence-corrected chi connectivity index (χ3v) is 3.59. The number of nitrogens with two attached hydrogens (primary N) is 1. The van der Waals surface area contributed by atoms with Crippen LogP contribution in [-0.4, -0.2) is 40.9 Å². The molecule has 6 heteroatoms. The third-order valence-electron chi connectivity index (χ3n) is 3.59. The van der Waals surface area contributed by atoms with E-state index in [9.17, 15) is 9.59 Å². The number of carbonyl (C=O) groups is 2. The zero-order valence-electron chi connectivity index (χ0n) is 13.3. The van der Waals surface area contributed by atoms with E-state index in [0.717, 1.165) is 19.4 Å². The highest BCUT2D eigenvalue weighted by molar-refractivity contribution is 5.91. The SMILES string of the molecule is CC(C)(C)C(=O)N1CCCC(Oc2ccnc(C(N)=O)c2)C1. The van der Waals surface area contributed by atoms with Crippen LogP contribution in [0.2, 0.25) is 0 Å². The first kappa shape index (κ1) is 16.3. The van der Waals surface area contributed by atoms with Crippen LogP contribution >= 0.6 is 0 Å². The summed E-state index contributed by atoms with van der Waals surface area (Å²) in [5.41, 5.74) is 5.00. The lowest BCUT2D eigenvalue weighted by Crippen LogP contribution is -2.48. The van der Waals surface area contributed by atoms with Gasteiger partial charge in [-0.3, -0.25) is 14.6 Å². The Morgan fingerprint density at radius 1 is 1.41 bits per heavy atom. The van der Waals surface area contributed by atoms with Crippen molar-refractivity contribution in [1.82, 2.24) is 9.88 Å². The molecule has 0 bridgehead atoms. The monoisotopic (exact) mass is 305 g/mol. The molecule has 0 radical (unpaired) electrons. The van der Waals surface area contributed by atoms with Crippen molar-refractivity contribution in [1.29, 1.82) is 0 Å². The standard InChI is InChI=1S/C16H23N3O3/c1-16(2,3)15(21)19-8-4-5-12(10-19)22-11-6-7-18-13(9-11)14(17)20/h6-7,9,12H,4-5,8,10H2,1-3H3,(H2,17,20). The van der Waals surface area contributed by atoms with Gasteiger partial charge in [0.25, 0.3) is 5.91 Å². The van der Waals surface area contributed by atoms with Crippen LogP contribution in [0.25, 0.3) is 0 Å². The van der Waals surface area contributed by atoms with Gasteiger partial charge in [-0.1, -0.05) is 20.8 Å². The largest absolute Gasteiger partial charge is 0.488 e. The van der Waals surface area contributed by atoms with Gasteiger partial charge in [-0.15, -0.1) is 0 Å². The lowest BCUT2D eigenvalue weighted by molar-refractivity contribution is -0.142. The van der Waals surface area contributed by atoms with E-state index in [4.69, 9.17) is 10.5 Å². The summed E-state index contributed by atoms with van der Waals surface area (Å²) in [4.78, 5) is 29.2. The van der Waals surface area contributed by atoms with E-state index in [1.165, 1.54) is 12.3 Å². The van der Waals surface area contributed by atoms with Crippen molar-refractivity contribution in [2.45, 2.75) is 39.7 Å². The minimum absolute atomic E-state index is 0.0804. The molecule has 1 aliphatic rings. The maximum atomic E-state index is 12.4. The average Bonchev–Trinajstić information content (AvgIpc) is 2.46. The van der Waals surface area contributed by atoms with Gasteiger partial charge >= 0.3 is 0 Å². The molecule has 22 heavy (non-hydrogen) atoms. The zero-order valence-corrected chi connectivity index (χ0v) is 13.3. The Hall–Kier alpha value is -2.11. The Labute approximate surface area is 130 Å². The second-order valence-corrected chi connectivity index (χ2v) is 6.62. The van der Waals surface area contributed by atoms with Gasteiger partial charge in [0.1, 0.15) is 17.5 Å². The number of primary amides is 1. The van der Waals surface area contributed by atoms with E-state index in [1.807, 2.05) is 25.7 Å². The van der Waals surface area contributed by atoms with Crippen LogP contribution in [0.5, 0.6) is 5.75 Å². The molecule has 0 saturated carbocycles. The van der Waals surface area contributed by atoms with Crippen molar-refractivity contribution >= 4 is 11.8 Å². The molecule has 2 N–H and O–H groups in total. The number of nitrogens with zero attached hydrogens (tertiary/aromatic N) is 2. The molecule has 6 nitrogen and oxygen atoms in total. The molecule has 2 rings (SSSR count). The highest BCUT2D eigenvalue weighted by Crippen LogP contribution is 2.23. The number of amides is 2. The number of carbonyl (C=O) groups excluding carboxylic acids is 2. The molecule has 2 amide bonds. The lowest BCUT2D eigenvalue weighted by atomic mass is 9.93. The maximum Gasteiger partial charge on any atom is 0.267 e. The molecule has 1 fully saturated rings. The first-order chi connectivity index (χ1) is 10.3. The van der Waals surface area contributed by atoms with Gasteiger partial charge < -0.3 is 15.4 Å². The second kappa shape index (κ2) is 6.34. The number of rotatable bonds is 3. The minimum atomic E-state index is -0.585. The smallest absolute Gasteiger partial charge is 0.267 e. The molecule has 1 saturated heterocycles. The minimum Gasteiger partial charge on any atom is -0.488 e. The Morgan fingerprint density at radius 3 is 2.77 bits per heavy atom. The molecule has 0 aromatic carbocycles. The topological polar surface area (TPSA) is 85.5 Å². The van der Waals surface area contributed by atoms with Crippen molar-refractivity contribution in [2.75, 3.05) is 13.1 Å². The summed E-state index contributed by atoms with van der Waals surface area (Å²) < 4.78 is 5.90. The van der Waals surface area contributed by atoms with E-state index >= 15 is 0 Å². The highest BCUT2D eigenvalue weighted by Gasteiger charge is 2.31. The van der Waals surface area contributed by atoms with E-state index in [1.54, 1.807) is 6.07 Å². The number of pyridine rings is 1. The normalized spacial score (nSPS) is 18.9. The predicted molar refractivity (Wildman–Crippen MR) is 82.4 cm³/mol. The molecule has 1 atom stereocenters. The van der Waals surface area contributed by atoms with E-state index in [0.29, 0.717) is 12.3 Å². The van der Waals surface area contributed by atoms with Crippen LogP contribution in [0, 0.1) is 5.41 Å². The first-order valence-electron chi connectivity index (χ1n) is 7.49. The van der Waals surface area contributed by atoms with Gasteiger partial charge in [-0.05, 0) is 18.9 Å². The van der Waals surface area contributed by atoms with Crippen LogP contribution in [-0.2, 0) is 4.79 Å². The number of likely N-dealkylation sites (tertiary alicyclic amines) is 1. The summed E-state index contributed by atoms with van der Waals surface area (Å²) in [5.74, 6) is 0.103. The Bertz CT molecular complexity index is 566. The zero-order chi connectivity index (χ0) is 16.3. The number of hydrogen-bond donors (Lipinski definition) is 1. The lowest BCUT2D eigenvalue weighted by Gasteiger charge is -2.36. The molecule has 1 aromatic rings. The number of ether oxygens (including phenoxy) is 1. The van der Waals surface area contributed by atoms with E-state index in [-0.39, 0.29) is 17.7 Å². The van der Waals surface area contributed by atoms with Gasteiger partial charge in [0.15, 0.2) is 0 Å². The van der Waals surface area contributed by atoms with Crippen molar-refractivity contribution in [3.8, 4) is 5.75 Å². The molecular weight excluding hydrogens is 282 g/mol. The molecule has 1 unspecified atom stereocenters. The van der Waals surface area contributed by atoms with Gasteiger partial charge in [0, 0.05) is 24.2 Å². The summed E-state index contributed by atoms with van der Waals surface area (Å²) in [6.07, 6.45) is 3.20. The van der Waals surface area contributed by atoms with Gasteiger partial charge in [-0.2, -0.15) is 0 Å². The van der Waals surface area contributed by atoms with Gasteiger partial charge in [-0.25, -0.2) is 0 Å². The molecule has 1 aliphatic heterocycles. The van der Waals surface area contributed by atoms with Crippen molar-refractivity contribution in [2.24, 2.45) is 11.1 Å². The molecule has 0 spiro atoms. The van der Waals surface area contributed by atoms with E-state index in [2.05, 4.69) is 4.98 Å². The van der Waals surface area contributed by atoms with Crippen LogP contribution in [0.15, 0.2) is 18.3 Å².